The highest BCUT2D eigenvalue weighted by atomic mass is 127. The number of nitrogens with zero attached hydrogens (tertiary/aromatic N) is 2. The molecule has 0 radical (unpaired) electrons. The molecule has 2 N–H and O–H groups in total. The summed E-state index contributed by atoms with van der Waals surface area (Å²) in [4.78, 5) is 6.86. The lowest BCUT2D eigenvalue weighted by Crippen LogP contribution is -2.50. The first-order chi connectivity index (χ1) is 11.6. The first-order valence-electron chi connectivity index (χ1n) is 9.00. The summed E-state index contributed by atoms with van der Waals surface area (Å²) in [6.45, 7) is 10.3. The third-order valence-electron chi connectivity index (χ3n) is 4.57. The van der Waals surface area contributed by atoms with Crippen LogP contribution in [0.1, 0.15) is 32.3 Å². The molecule has 5 nitrogen and oxygen atoms in total. The summed E-state index contributed by atoms with van der Waals surface area (Å²) in [5.41, 5.74) is 1.16. The lowest BCUT2D eigenvalue weighted by atomic mass is 10.0. The fraction of sp³-hybridized carbons (Fsp3) is 0.632. The van der Waals surface area contributed by atoms with E-state index in [1.807, 2.05) is 25.2 Å². The Bertz CT molecular complexity index is 528. The molecule has 0 saturated carbocycles. The third kappa shape index (κ3) is 7.40. The lowest BCUT2D eigenvalue weighted by molar-refractivity contribution is 0.167. The summed E-state index contributed by atoms with van der Waals surface area (Å²) in [6.07, 6.45) is 2.33. The molecule has 142 valence electrons. The van der Waals surface area contributed by atoms with Gasteiger partial charge in [-0.15, -0.1) is 24.0 Å². The number of ether oxygens (including phenoxy) is 1. The maximum Gasteiger partial charge on any atom is 0.191 e. The number of benzene rings is 1. The largest absolute Gasteiger partial charge is 0.491 e. The number of guanidine groups is 1. The summed E-state index contributed by atoms with van der Waals surface area (Å²) >= 11 is 0. The molecule has 0 spiro atoms. The minimum absolute atomic E-state index is 0. The number of aliphatic imine (C=N–C) groups is 1. The van der Waals surface area contributed by atoms with Crippen molar-refractivity contribution in [2.24, 2.45) is 4.99 Å². The summed E-state index contributed by atoms with van der Waals surface area (Å²) in [5, 5.41) is 6.87. The molecular weight excluding hydrogens is 427 g/mol. The van der Waals surface area contributed by atoms with Gasteiger partial charge in [0.15, 0.2) is 5.96 Å². The molecule has 6 heteroatoms. The standard InChI is InChI=1S/C19H32N4O.HI/c1-15(2)23-12-9-17(10-13-23)22-19(20-4)21-11-14-24-18-8-6-5-7-16(18)3;/h5-8,15,17H,9-14H2,1-4H3,(H2,20,21,22);1H. The summed E-state index contributed by atoms with van der Waals surface area (Å²) in [6, 6.07) is 9.24. The van der Waals surface area contributed by atoms with Crippen LogP contribution in [0, 0.1) is 6.92 Å². The number of aryl methyl sites for hydroxylation is 1. The maximum absolute atomic E-state index is 5.81. The zero-order valence-electron chi connectivity index (χ0n) is 15.9. The van der Waals surface area contributed by atoms with Crippen molar-refractivity contribution in [2.75, 3.05) is 33.3 Å². The van der Waals surface area contributed by atoms with Crippen molar-refractivity contribution in [3.63, 3.8) is 0 Å². The van der Waals surface area contributed by atoms with Gasteiger partial charge in [0.2, 0.25) is 0 Å². The molecule has 1 aliphatic heterocycles. The van der Waals surface area contributed by atoms with Crippen LogP contribution in [0.5, 0.6) is 5.75 Å². The summed E-state index contributed by atoms with van der Waals surface area (Å²) in [5.74, 6) is 1.81. The topological polar surface area (TPSA) is 48.9 Å². The predicted molar refractivity (Wildman–Crippen MR) is 116 cm³/mol. The number of hydrogen-bond acceptors (Lipinski definition) is 3. The third-order valence-corrected chi connectivity index (χ3v) is 4.57. The quantitative estimate of drug-likeness (QED) is 0.297. The molecule has 1 aromatic carbocycles. The number of halogens is 1. The van der Waals surface area contributed by atoms with Crippen LogP contribution in [0.3, 0.4) is 0 Å². The first-order valence-corrected chi connectivity index (χ1v) is 9.00. The molecule has 1 aromatic rings. The van der Waals surface area contributed by atoms with Gasteiger partial charge in [-0.3, -0.25) is 4.99 Å². The van der Waals surface area contributed by atoms with E-state index in [1.165, 1.54) is 12.8 Å². The Kier molecular flexibility index (Phi) is 10.2. The maximum atomic E-state index is 5.81. The Balaban J connectivity index is 0.00000312. The van der Waals surface area contributed by atoms with E-state index in [1.54, 1.807) is 0 Å². The molecule has 25 heavy (non-hydrogen) atoms. The SMILES string of the molecule is CN=C(NCCOc1ccccc1C)NC1CCN(C(C)C)CC1.I. The van der Waals surface area contributed by atoms with Crippen LogP contribution in [0.25, 0.3) is 0 Å². The van der Waals surface area contributed by atoms with E-state index in [0.29, 0.717) is 18.7 Å². The lowest BCUT2D eigenvalue weighted by Gasteiger charge is -2.35. The van der Waals surface area contributed by atoms with E-state index in [2.05, 4.69) is 47.4 Å². The van der Waals surface area contributed by atoms with Gasteiger partial charge < -0.3 is 20.3 Å². The average Bonchev–Trinajstić information content (AvgIpc) is 2.59. The van der Waals surface area contributed by atoms with Gasteiger partial charge in [-0.1, -0.05) is 18.2 Å². The normalized spacial score (nSPS) is 16.4. The Morgan fingerprint density at radius 3 is 2.56 bits per heavy atom. The number of para-hydroxylation sites is 1. The van der Waals surface area contributed by atoms with E-state index in [4.69, 9.17) is 4.74 Å². The predicted octanol–water partition coefficient (Wildman–Crippen LogP) is 3.03. The van der Waals surface area contributed by atoms with Gasteiger partial charge >= 0.3 is 0 Å². The van der Waals surface area contributed by atoms with Crippen LogP contribution in [-0.4, -0.2) is 56.2 Å². The van der Waals surface area contributed by atoms with Crippen LogP contribution >= 0.6 is 24.0 Å². The van der Waals surface area contributed by atoms with E-state index in [-0.39, 0.29) is 24.0 Å². The van der Waals surface area contributed by atoms with Crippen molar-refractivity contribution >= 4 is 29.9 Å². The van der Waals surface area contributed by atoms with Gasteiger partial charge in [0.05, 0.1) is 6.54 Å². The summed E-state index contributed by atoms with van der Waals surface area (Å²) in [7, 11) is 1.82. The second-order valence-electron chi connectivity index (χ2n) is 6.66. The molecule has 0 unspecified atom stereocenters. The van der Waals surface area contributed by atoms with E-state index < -0.39 is 0 Å². The fourth-order valence-electron chi connectivity index (χ4n) is 3.00. The number of rotatable bonds is 6. The van der Waals surface area contributed by atoms with Crippen molar-refractivity contribution in [1.82, 2.24) is 15.5 Å². The molecule has 0 aliphatic carbocycles. The summed E-state index contributed by atoms with van der Waals surface area (Å²) < 4.78 is 5.81. The average molecular weight is 460 g/mol. The molecule has 0 aromatic heterocycles. The monoisotopic (exact) mass is 460 g/mol. The van der Waals surface area contributed by atoms with Crippen LogP contribution in [-0.2, 0) is 0 Å². The van der Waals surface area contributed by atoms with Crippen molar-refractivity contribution in [3.05, 3.63) is 29.8 Å². The van der Waals surface area contributed by atoms with Crippen LogP contribution in [0.4, 0.5) is 0 Å². The van der Waals surface area contributed by atoms with Crippen LogP contribution < -0.4 is 15.4 Å². The zero-order chi connectivity index (χ0) is 17.4. The van der Waals surface area contributed by atoms with Gasteiger partial charge in [0.1, 0.15) is 12.4 Å². The number of piperidine rings is 1. The first kappa shape index (κ1) is 22.0. The van der Waals surface area contributed by atoms with Crippen molar-refractivity contribution in [1.29, 1.82) is 0 Å². The Morgan fingerprint density at radius 1 is 1.28 bits per heavy atom. The van der Waals surface area contributed by atoms with Crippen molar-refractivity contribution in [2.45, 2.75) is 45.7 Å². The highest BCUT2D eigenvalue weighted by molar-refractivity contribution is 14.0. The highest BCUT2D eigenvalue weighted by Crippen LogP contribution is 2.15. The van der Waals surface area contributed by atoms with Crippen LogP contribution in [0.2, 0.25) is 0 Å². The second kappa shape index (κ2) is 11.6. The Morgan fingerprint density at radius 2 is 1.96 bits per heavy atom. The van der Waals surface area contributed by atoms with Crippen molar-refractivity contribution in [3.8, 4) is 5.75 Å². The van der Waals surface area contributed by atoms with Crippen molar-refractivity contribution < 1.29 is 4.74 Å². The number of likely N-dealkylation sites (tertiary alicyclic amines) is 1. The van der Waals surface area contributed by atoms with Gasteiger partial charge in [-0.05, 0) is 45.2 Å². The van der Waals surface area contributed by atoms with E-state index in [9.17, 15) is 0 Å². The smallest absolute Gasteiger partial charge is 0.191 e. The Hall–Kier alpha value is -1.02. The molecule has 0 amide bonds. The van der Waals surface area contributed by atoms with E-state index in [0.717, 1.165) is 36.9 Å². The zero-order valence-corrected chi connectivity index (χ0v) is 18.2. The number of nitrogens with one attached hydrogen (secondary N) is 2. The Labute approximate surface area is 169 Å². The van der Waals surface area contributed by atoms with Gasteiger partial charge in [-0.2, -0.15) is 0 Å². The molecule has 2 rings (SSSR count). The highest BCUT2D eigenvalue weighted by Gasteiger charge is 2.21. The second-order valence-corrected chi connectivity index (χ2v) is 6.66. The minimum atomic E-state index is 0. The molecule has 0 bridgehead atoms. The van der Waals surface area contributed by atoms with Gasteiger partial charge in [0, 0.05) is 32.2 Å². The molecule has 1 saturated heterocycles. The minimum Gasteiger partial charge on any atom is -0.491 e. The van der Waals surface area contributed by atoms with Crippen LogP contribution in [0.15, 0.2) is 29.3 Å². The molecule has 1 heterocycles. The number of hydrogen-bond donors (Lipinski definition) is 2. The molecule has 1 fully saturated rings. The molecular formula is C19H33IN4O. The molecule has 0 atom stereocenters. The molecule has 1 aliphatic rings. The van der Waals surface area contributed by atoms with Gasteiger partial charge in [-0.25, -0.2) is 0 Å². The van der Waals surface area contributed by atoms with E-state index >= 15 is 0 Å². The van der Waals surface area contributed by atoms with Gasteiger partial charge in [0.25, 0.3) is 0 Å². The fourth-order valence-corrected chi connectivity index (χ4v) is 3.00.